The molecule has 30 heavy (non-hydrogen) atoms. The van der Waals surface area contributed by atoms with Crippen molar-refractivity contribution in [3.05, 3.63) is 23.2 Å². The second kappa shape index (κ2) is 10.4. The molecule has 3 amide bonds. The number of likely N-dealkylation sites (tertiary alicyclic amines) is 1. The van der Waals surface area contributed by atoms with Gasteiger partial charge in [-0.15, -0.1) is 0 Å². The van der Waals surface area contributed by atoms with Crippen LogP contribution in [0.5, 0.6) is 0 Å². The predicted molar refractivity (Wildman–Crippen MR) is 122 cm³/mol. The van der Waals surface area contributed by atoms with Crippen molar-refractivity contribution < 1.29 is 9.59 Å². The Morgan fingerprint density at radius 3 is 2.30 bits per heavy atom. The molecule has 0 spiro atoms. The molecule has 7 nitrogen and oxygen atoms in total. The molecule has 2 aliphatic heterocycles. The topological polar surface area (TPSA) is 59.1 Å². The average Bonchev–Trinajstić information content (AvgIpc) is 2.75. The maximum absolute atomic E-state index is 13.0. The molecule has 2 aliphatic rings. The Balaban J connectivity index is 1.61. The van der Waals surface area contributed by atoms with Crippen LogP contribution in [0.3, 0.4) is 0 Å². The van der Waals surface area contributed by atoms with Gasteiger partial charge in [0.1, 0.15) is 0 Å². The molecular formula is C22H34ClN5O2. The Morgan fingerprint density at radius 1 is 1.07 bits per heavy atom. The molecule has 8 heteroatoms. The summed E-state index contributed by atoms with van der Waals surface area (Å²) in [5.41, 5.74) is 1.80. The lowest BCUT2D eigenvalue weighted by Gasteiger charge is -2.36. The van der Waals surface area contributed by atoms with E-state index >= 15 is 0 Å². The highest BCUT2D eigenvalue weighted by atomic mass is 35.5. The van der Waals surface area contributed by atoms with Gasteiger partial charge in [0.2, 0.25) is 5.91 Å². The molecule has 0 aliphatic carbocycles. The third-order valence-corrected chi connectivity index (χ3v) is 6.47. The smallest absolute Gasteiger partial charge is 0.319 e. The molecule has 2 heterocycles. The number of carbonyl (C=O) groups excluding carboxylic acids is 2. The molecule has 0 atom stereocenters. The highest BCUT2D eigenvalue weighted by Crippen LogP contribution is 2.31. The summed E-state index contributed by atoms with van der Waals surface area (Å²) in [4.78, 5) is 33.8. The summed E-state index contributed by atoms with van der Waals surface area (Å²) in [5, 5.41) is 3.74. The summed E-state index contributed by atoms with van der Waals surface area (Å²) in [6.45, 7) is 10.5. The van der Waals surface area contributed by atoms with Gasteiger partial charge in [-0.25, -0.2) is 4.79 Å². The molecule has 2 saturated heterocycles. The number of nitrogens with one attached hydrogen (secondary N) is 1. The van der Waals surface area contributed by atoms with E-state index in [0.29, 0.717) is 44.0 Å². The number of piperazine rings is 1. The van der Waals surface area contributed by atoms with Gasteiger partial charge in [-0.2, -0.15) is 0 Å². The molecule has 0 unspecified atom stereocenters. The summed E-state index contributed by atoms with van der Waals surface area (Å²) < 4.78 is 0. The third-order valence-electron chi connectivity index (χ3n) is 6.23. The summed E-state index contributed by atoms with van der Waals surface area (Å²) in [7, 11) is 2.12. The van der Waals surface area contributed by atoms with Crippen molar-refractivity contribution >= 4 is 34.9 Å². The van der Waals surface area contributed by atoms with Gasteiger partial charge in [0.05, 0.1) is 11.4 Å². The van der Waals surface area contributed by atoms with Crippen LogP contribution < -0.4 is 10.2 Å². The Bertz CT molecular complexity index is 739. The molecule has 1 N–H and O–H groups in total. The summed E-state index contributed by atoms with van der Waals surface area (Å²) >= 11 is 6.23. The van der Waals surface area contributed by atoms with Gasteiger partial charge >= 0.3 is 6.03 Å². The summed E-state index contributed by atoms with van der Waals surface area (Å²) in [6.07, 6.45) is 1.37. The quantitative estimate of drug-likeness (QED) is 0.771. The largest absolute Gasteiger partial charge is 0.367 e. The molecule has 0 radical (unpaired) electrons. The number of carbonyl (C=O) groups is 2. The normalized spacial score (nSPS) is 18.4. The number of piperidine rings is 1. The molecule has 2 fully saturated rings. The van der Waals surface area contributed by atoms with Crippen molar-refractivity contribution in [2.75, 3.05) is 69.6 Å². The number of anilines is 2. The highest BCUT2D eigenvalue weighted by Gasteiger charge is 2.29. The van der Waals surface area contributed by atoms with Crippen LogP contribution in [0.4, 0.5) is 16.2 Å². The summed E-state index contributed by atoms with van der Waals surface area (Å²) in [6, 6.07) is 5.79. The molecule has 0 saturated carbocycles. The van der Waals surface area contributed by atoms with Gasteiger partial charge in [0, 0.05) is 63.3 Å². The van der Waals surface area contributed by atoms with E-state index in [1.807, 2.05) is 41.8 Å². The van der Waals surface area contributed by atoms with E-state index in [1.165, 1.54) is 0 Å². The number of likely N-dealkylation sites (N-methyl/N-ethyl adjacent to an activating group) is 1. The van der Waals surface area contributed by atoms with Crippen LogP contribution in [0.15, 0.2) is 18.2 Å². The number of rotatable bonds is 5. The van der Waals surface area contributed by atoms with Crippen LogP contribution in [0.2, 0.25) is 5.02 Å². The number of amides is 3. The second-order valence-corrected chi connectivity index (χ2v) is 8.59. The summed E-state index contributed by atoms with van der Waals surface area (Å²) in [5.74, 6) is -0.0762. The molecule has 166 valence electrons. The minimum atomic E-state index is -0.0925. The molecular weight excluding hydrogens is 402 g/mol. The zero-order valence-electron chi connectivity index (χ0n) is 18.4. The fraction of sp³-hybridized carbons (Fsp3) is 0.636. The zero-order valence-corrected chi connectivity index (χ0v) is 19.1. The first-order valence-electron chi connectivity index (χ1n) is 11.0. The van der Waals surface area contributed by atoms with Crippen molar-refractivity contribution in [1.82, 2.24) is 14.7 Å². The fourth-order valence-electron chi connectivity index (χ4n) is 4.19. The van der Waals surface area contributed by atoms with Crippen molar-refractivity contribution in [2.24, 2.45) is 5.92 Å². The minimum Gasteiger partial charge on any atom is -0.367 e. The SMILES string of the molecule is CCN(CC)C(=O)N1CCC(C(=O)Nc2cc(Cl)ccc2N2CCN(C)CC2)CC1. The average molecular weight is 436 g/mol. The monoisotopic (exact) mass is 435 g/mol. The van der Waals surface area contributed by atoms with Gasteiger partial charge in [0.25, 0.3) is 0 Å². The van der Waals surface area contributed by atoms with E-state index in [1.54, 1.807) is 0 Å². The van der Waals surface area contributed by atoms with Crippen LogP contribution in [0.25, 0.3) is 0 Å². The van der Waals surface area contributed by atoms with E-state index in [2.05, 4.69) is 22.2 Å². The maximum Gasteiger partial charge on any atom is 0.319 e. The van der Waals surface area contributed by atoms with Crippen molar-refractivity contribution in [3.63, 3.8) is 0 Å². The lowest BCUT2D eigenvalue weighted by atomic mass is 9.96. The van der Waals surface area contributed by atoms with Crippen LogP contribution in [0, 0.1) is 5.92 Å². The van der Waals surface area contributed by atoms with Gasteiger partial charge in [-0.05, 0) is 51.9 Å². The van der Waals surface area contributed by atoms with Crippen molar-refractivity contribution in [1.29, 1.82) is 0 Å². The Hall–Kier alpha value is -1.99. The van der Waals surface area contributed by atoms with Gasteiger partial charge in [-0.1, -0.05) is 11.6 Å². The minimum absolute atomic E-state index is 0.0163. The zero-order chi connectivity index (χ0) is 21.7. The Morgan fingerprint density at radius 2 is 1.70 bits per heavy atom. The standard InChI is InChI=1S/C22H34ClN5O2/c1-4-26(5-2)22(30)28-10-8-17(9-11-28)21(29)24-19-16-18(23)6-7-20(19)27-14-12-25(3)13-15-27/h6-7,16-17H,4-5,8-15H2,1-3H3,(H,24,29). The lowest BCUT2D eigenvalue weighted by Crippen LogP contribution is -2.48. The number of hydrogen-bond acceptors (Lipinski definition) is 4. The van der Waals surface area contributed by atoms with Crippen molar-refractivity contribution in [3.8, 4) is 0 Å². The molecule has 0 bridgehead atoms. The molecule has 1 aromatic carbocycles. The first-order valence-corrected chi connectivity index (χ1v) is 11.4. The second-order valence-electron chi connectivity index (χ2n) is 8.16. The van der Waals surface area contributed by atoms with Crippen LogP contribution in [0.1, 0.15) is 26.7 Å². The molecule has 0 aromatic heterocycles. The number of urea groups is 1. The Kier molecular flexibility index (Phi) is 7.83. The van der Waals surface area contributed by atoms with Crippen LogP contribution in [-0.4, -0.2) is 86.0 Å². The number of hydrogen-bond donors (Lipinski definition) is 1. The van der Waals surface area contributed by atoms with E-state index < -0.39 is 0 Å². The third kappa shape index (κ3) is 5.38. The van der Waals surface area contributed by atoms with Gasteiger partial charge in [-0.3, -0.25) is 4.79 Å². The van der Waals surface area contributed by atoms with Crippen molar-refractivity contribution in [2.45, 2.75) is 26.7 Å². The highest BCUT2D eigenvalue weighted by molar-refractivity contribution is 6.31. The predicted octanol–water partition coefficient (Wildman–Crippen LogP) is 3.20. The van der Waals surface area contributed by atoms with E-state index in [0.717, 1.165) is 37.6 Å². The van der Waals surface area contributed by atoms with E-state index in [4.69, 9.17) is 11.6 Å². The molecule has 1 aromatic rings. The number of nitrogens with zero attached hydrogens (tertiary/aromatic N) is 4. The van der Waals surface area contributed by atoms with Crippen LogP contribution >= 0.6 is 11.6 Å². The lowest BCUT2D eigenvalue weighted by molar-refractivity contribution is -0.121. The fourth-order valence-corrected chi connectivity index (χ4v) is 4.37. The van der Waals surface area contributed by atoms with Gasteiger partial charge in [0.15, 0.2) is 0 Å². The van der Waals surface area contributed by atoms with E-state index in [9.17, 15) is 9.59 Å². The number of halogens is 1. The van der Waals surface area contributed by atoms with Gasteiger partial charge < -0.3 is 24.9 Å². The number of benzene rings is 1. The van der Waals surface area contributed by atoms with E-state index in [-0.39, 0.29) is 17.9 Å². The Labute approximate surface area is 184 Å². The maximum atomic E-state index is 13.0. The van der Waals surface area contributed by atoms with Crippen LogP contribution in [-0.2, 0) is 4.79 Å². The first-order chi connectivity index (χ1) is 14.4. The first kappa shape index (κ1) is 22.7. The molecule has 3 rings (SSSR count).